The van der Waals surface area contributed by atoms with Gasteiger partial charge in [0.2, 0.25) is 0 Å². The third kappa shape index (κ3) is 7.55. The number of hydrogen-bond acceptors (Lipinski definition) is 5. The molecule has 0 atom stereocenters. The number of imide groups is 1. The van der Waals surface area contributed by atoms with Gasteiger partial charge in [0.1, 0.15) is 11.4 Å². The van der Waals surface area contributed by atoms with Gasteiger partial charge in [0.25, 0.3) is 5.91 Å². The molecule has 0 aliphatic heterocycles. The van der Waals surface area contributed by atoms with Crippen LogP contribution in [0.3, 0.4) is 0 Å². The molecule has 0 radical (unpaired) electrons. The van der Waals surface area contributed by atoms with Gasteiger partial charge in [-0.3, -0.25) is 10.1 Å². The lowest BCUT2D eigenvalue weighted by Gasteiger charge is -2.09. The molecule has 10 heteroatoms. The van der Waals surface area contributed by atoms with E-state index in [1.807, 2.05) is 13.8 Å². The molecule has 0 spiro atoms. The van der Waals surface area contributed by atoms with Crippen LogP contribution >= 0.6 is 11.3 Å². The second kappa shape index (κ2) is 9.40. The van der Waals surface area contributed by atoms with Crippen molar-refractivity contribution < 1.29 is 32.3 Å². The fraction of sp³-hybridized carbons (Fsp3) is 0.533. The summed E-state index contributed by atoms with van der Waals surface area (Å²) >= 11 is 1.28. The Balaban J connectivity index is 2.48. The number of urea groups is 1. The van der Waals surface area contributed by atoms with Gasteiger partial charge >= 0.3 is 18.2 Å². The maximum absolute atomic E-state index is 11.9. The maximum atomic E-state index is 11.9. The minimum atomic E-state index is -4.58. The van der Waals surface area contributed by atoms with E-state index in [2.05, 4.69) is 0 Å². The Morgan fingerprint density at radius 3 is 2.48 bits per heavy atom. The fourth-order valence-electron chi connectivity index (χ4n) is 1.89. The van der Waals surface area contributed by atoms with Gasteiger partial charge in [-0.2, -0.15) is 13.2 Å². The van der Waals surface area contributed by atoms with Crippen LogP contribution < -0.4 is 10.6 Å². The van der Waals surface area contributed by atoms with Gasteiger partial charge in [0.15, 0.2) is 6.61 Å². The van der Waals surface area contributed by atoms with Gasteiger partial charge in [-0.25, -0.2) is 9.59 Å². The molecule has 0 unspecified atom stereocenters. The molecule has 1 rings (SSSR count). The average molecular weight is 380 g/mol. The number of hydrogen-bond donors (Lipinski definition) is 2. The molecule has 1 aromatic heterocycles. The lowest BCUT2D eigenvalue weighted by atomic mass is 10.1. The first kappa shape index (κ1) is 20.9. The molecule has 3 amide bonds. The highest BCUT2D eigenvalue weighted by Crippen LogP contribution is 2.25. The van der Waals surface area contributed by atoms with Crippen LogP contribution in [0.25, 0.3) is 0 Å². The van der Waals surface area contributed by atoms with Gasteiger partial charge in [-0.15, -0.1) is 11.3 Å². The summed E-state index contributed by atoms with van der Waals surface area (Å²) in [6, 6.07) is 0.388. The van der Waals surface area contributed by atoms with Crippen LogP contribution in [0.2, 0.25) is 0 Å². The third-order valence-electron chi connectivity index (χ3n) is 2.99. The van der Waals surface area contributed by atoms with Crippen LogP contribution in [0.5, 0.6) is 0 Å². The van der Waals surface area contributed by atoms with E-state index in [4.69, 9.17) is 4.74 Å². The van der Waals surface area contributed by atoms with Crippen molar-refractivity contribution in [2.24, 2.45) is 0 Å². The largest absolute Gasteiger partial charge is 0.451 e. The molecule has 0 bridgehead atoms. The van der Waals surface area contributed by atoms with Crippen LogP contribution in [0.15, 0.2) is 6.07 Å². The zero-order valence-electron chi connectivity index (χ0n) is 13.8. The van der Waals surface area contributed by atoms with Crippen molar-refractivity contribution in [3.8, 4) is 0 Å². The van der Waals surface area contributed by atoms with E-state index >= 15 is 0 Å². The predicted molar refractivity (Wildman–Crippen MR) is 85.6 cm³/mol. The Labute approximate surface area is 146 Å². The number of carbonyl (C=O) groups is 3. The normalized spacial score (nSPS) is 11.1. The smallest absolute Gasteiger partial charge is 0.405 e. The minimum absolute atomic E-state index is 0.342. The molecule has 0 aliphatic carbocycles. The van der Waals surface area contributed by atoms with E-state index in [0.717, 1.165) is 29.7 Å². The molecule has 1 heterocycles. The topological polar surface area (TPSA) is 84.5 Å². The fourth-order valence-corrected chi connectivity index (χ4v) is 3.14. The Bertz CT molecular complexity index is 629. The number of thiophene rings is 1. The Hall–Kier alpha value is -2.10. The first-order chi connectivity index (χ1) is 11.7. The third-order valence-corrected chi connectivity index (χ3v) is 4.21. The summed E-state index contributed by atoms with van der Waals surface area (Å²) in [5.41, 5.74) is 1.04. The number of carbonyl (C=O) groups excluding carboxylic acids is 3. The van der Waals surface area contributed by atoms with Crippen LogP contribution in [0.4, 0.5) is 18.0 Å². The van der Waals surface area contributed by atoms with Gasteiger partial charge in [-0.05, 0) is 24.5 Å². The number of rotatable bonds is 7. The van der Waals surface area contributed by atoms with Crippen molar-refractivity contribution in [2.45, 2.75) is 39.3 Å². The van der Waals surface area contributed by atoms with Crippen molar-refractivity contribution in [2.75, 3.05) is 13.2 Å². The van der Waals surface area contributed by atoms with Crippen molar-refractivity contribution in [1.29, 1.82) is 0 Å². The molecule has 25 heavy (non-hydrogen) atoms. The van der Waals surface area contributed by atoms with E-state index in [-0.39, 0.29) is 0 Å². The molecule has 2 N–H and O–H groups in total. The Morgan fingerprint density at radius 1 is 1.24 bits per heavy atom. The van der Waals surface area contributed by atoms with Crippen molar-refractivity contribution in [3.63, 3.8) is 0 Å². The molecule has 0 aromatic carbocycles. The van der Waals surface area contributed by atoms with Gasteiger partial charge in [0.05, 0.1) is 0 Å². The van der Waals surface area contributed by atoms with E-state index < -0.39 is 37.2 Å². The predicted octanol–water partition coefficient (Wildman–Crippen LogP) is 2.81. The second-order valence-electron chi connectivity index (χ2n) is 5.08. The number of amides is 3. The van der Waals surface area contributed by atoms with E-state index in [0.29, 0.717) is 4.88 Å². The monoisotopic (exact) mass is 380 g/mol. The summed E-state index contributed by atoms with van der Waals surface area (Å²) < 4.78 is 40.5. The molecular weight excluding hydrogens is 361 g/mol. The zero-order valence-corrected chi connectivity index (χ0v) is 14.6. The van der Waals surface area contributed by atoms with Crippen LogP contribution in [0, 0.1) is 0 Å². The highest BCUT2D eigenvalue weighted by atomic mass is 32.1. The lowest BCUT2D eigenvalue weighted by molar-refractivity contribution is -0.125. The number of aryl methyl sites for hydroxylation is 2. The number of esters is 1. The highest BCUT2D eigenvalue weighted by Gasteiger charge is 2.28. The Kier molecular flexibility index (Phi) is 7.88. The van der Waals surface area contributed by atoms with E-state index in [1.54, 1.807) is 11.4 Å². The van der Waals surface area contributed by atoms with Gasteiger partial charge < -0.3 is 10.1 Å². The molecule has 1 aromatic rings. The summed E-state index contributed by atoms with van der Waals surface area (Å²) in [7, 11) is 0. The van der Waals surface area contributed by atoms with Crippen molar-refractivity contribution >= 4 is 29.2 Å². The summed E-state index contributed by atoms with van der Waals surface area (Å²) in [5, 5.41) is 3.12. The van der Waals surface area contributed by atoms with Crippen molar-refractivity contribution in [1.82, 2.24) is 10.6 Å². The average Bonchev–Trinajstić information content (AvgIpc) is 2.93. The number of nitrogens with one attached hydrogen (secondary N) is 2. The molecule has 0 saturated heterocycles. The SMILES string of the molecule is CCCc1sc(C(=O)OCC(=O)NC(=O)NCC(F)(F)F)cc1CC. The molecular formula is C15H19F3N2O4S. The summed E-state index contributed by atoms with van der Waals surface area (Å²) in [5.74, 6) is -1.73. The molecule has 6 nitrogen and oxygen atoms in total. The van der Waals surface area contributed by atoms with E-state index in [9.17, 15) is 27.6 Å². The zero-order chi connectivity index (χ0) is 19.0. The lowest BCUT2D eigenvalue weighted by Crippen LogP contribution is -2.44. The standard InChI is InChI=1S/C15H19F3N2O4S/c1-3-5-10-9(4-2)6-11(25-10)13(22)24-7-12(21)20-14(23)19-8-15(16,17)18/h6H,3-5,7-8H2,1-2H3,(H2,19,20,21,23). The van der Waals surface area contributed by atoms with Gasteiger partial charge in [-0.1, -0.05) is 20.3 Å². The van der Waals surface area contributed by atoms with E-state index in [1.165, 1.54) is 16.7 Å². The van der Waals surface area contributed by atoms with Crippen LogP contribution in [-0.2, 0) is 22.4 Å². The molecule has 0 saturated carbocycles. The maximum Gasteiger partial charge on any atom is 0.405 e. The second-order valence-corrected chi connectivity index (χ2v) is 6.22. The first-order valence-corrected chi connectivity index (χ1v) is 8.41. The summed E-state index contributed by atoms with van der Waals surface area (Å²) in [4.78, 5) is 35.9. The molecule has 0 fully saturated rings. The molecule has 0 aliphatic rings. The first-order valence-electron chi connectivity index (χ1n) is 7.59. The minimum Gasteiger partial charge on any atom is -0.451 e. The number of halogens is 3. The van der Waals surface area contributed by atoms with Crippen LogP contribution in [0.1, 0.15) is 40.4 Å². The quantitative estimate of drug-likeness (QED) is 0.713. The Morgan fingerprint density at radius 2 is 1.92 bits per heavy atom. The van der Waals surface area contributed by atoms with Crippen molar-refractivity contribution in [3.05, 3.63) is 21.4 Å². The van der Waals surface area contributed by atoms with Gasteiger partial charge in [0, 0.05) is 4.88 Å². The highest BCUT2D eigenvalue weighted by molar-refractivity contribution is 7.14. The summed E-state index contributed by atoms with van der Waals surface area (Å²) in [6.07, 6.45) is -2.06. The number of ether oxygens (including phenoxy) is 1. The van der Waals surface area contributed by atoms with Crippen LogP contribution in [-0.4, -0.2) is 37.2 Å². The number of alkyl halides is 3. The summed E-state index contributed by atoms with van der Waals surface area (Å²) in [6.45, 7) is 1.65. The molecule has 140 valence electrons.